The van der Waals surface area contributed by atoms with Crippen LogP contribution in [-0.2, 0) is 17.9 Å². The van der Waals surface area contributed by atoms with Gasteiger partial charge in [-0.2, -0.15) is 0 Å². The number of carbonyl (C=O) groups is 1. The third kappa shape index (κ3) is 8.10. The minimum absolute atomic E-state index is 0.0287. The summed E-state index contributed by atoms with van der Waals surface area (Å²) in [4.78, 5) is 18.4. The standard InChI is InChI=1S/C21H28BrN5O/c1-4-23-21(24-13-16-7-5-9-18(22)11-16)25-14-17-8-6-10-19(12-17)26-20(28)15-27(2)3/h5-12H,4,13-15H2,1-3H3,(H,26,28)(H2,23,24,25). The Labute approximate surface area is 175 Å². The number of guanidine groups is 1. The molecule has 0 aliphatic carbocycles. The number of anilines is 1. The number of halogens is 1. The summed E-state index contributed by atoms with van der Waals surface area (Å²) in [5.74, 6) is 0.726. The molecule has 3 N–H and O–H groups in total. The molecule has 0 saturated carbocycles. The number of carbonyl (C=O) groups excluding carboxylic acids is 1. The van der Waals surface area contributed by atoms with Crippen LogP contribution in [0.3, 0.4) is 0 Å². The number of nitrogens with one attached hydrogen (secondary N) is 3. The van der Waals surface area contributed by atoms with E-state index in [1.807, 2.05) is 62.3 Å². The molecule has 2 aromatic rings. The summed E-state index contributed by atoms with van der Waals surface area (Å²) in [5, 5.41) is 9.52. The third-order valence-electron chi connectivity index (χ3n) is 3.78. The van der Waals surface area contributed by atoms with Crippen LogP contribution in [0.2, 0.25) is 0 Å². The molecule has 0 heterocycles. The van der Waals surface area contributed by atoms with E-state index >= 15 is 0 Å². The largest absolute Gasteiger partial charge is 0.357 e. The molecule has 0 aliphatic rings. The Morgan fingerprint density at radius 2 is 1.82 bits per heavy atom. The Morgan fingerprint density at radius 1 is 1.07 bits per heavy atom. The van der Waals surface area contributed by atoms with Crippen LogP contribution in [0, 0.1) is 0 Å². The number of benzene rings is 2. The Morgan fingerprint density at radius 3 is 2.54 bits per heavy atom. The highest BCUT2D eigenvalue weighted by Crippen LogP contribution is 2.13. The van der Waals surface area contributed by atoms with E-state index < -0.39 is 0 Å². The SMILES string of the molecule is CCNC(=NCc1cccc(Br)c1)NCc1cccc(NC(=O)CN(C)C)c1. The van der Waals surface area contributed by atoms with Crippen LogP contribution >= 0.6 is 15.9 Å². The van der Waals surface area contributed by atoms with Crippen molar-refractivity contribution in [1.82, 2.24) is 15.5 Å². The lowest BCUT2D eigenvalue weighted by atomic mass is 10.2. The average Bonchev–Trinajstić information content (AvgIpc) is 2.63. The summed E-state index contributed by atoms with van der Waals surface area (Å²) in [6.07, 6.45) is 0. The number of rotatable bonds is 8. The number of likely N-dealkylation sites (N-methyl/N-ethyl adjacent to an activating group) is 1. The molecule has 0 spiro atoms. The van der Waals surface area contributed by atoms with Crippen LogP contribution in [0.15, 0.2) is 58.0 Å². The van der Waals surface area contributed by atoms with Gasteiger partial charge in [-0.15, -0.1) is 0 Å². The number of hydrogen-bond acceptors (Lipinski definition) is 3. The number of hydrogen-bond donors (Lipinski definition) is 3. The van der Waals surface area contributed by atoms with Crippen molar-refractivity contribution >= 4 is 33.5 Å². The average molecular weight is 446 g/mol. The number of amides is 1. The summed E-state index contributed by atoms with van der Waals surface area (Å²) >= 11 is 3.49. The van der Waals surface area contributed by atoms with Crippen LogP contribution in [0.1, 0.15) is 18.1 Å². The monoisotopic (exact) mass is 445 g/mol. The van der Waals surface area contributed by atoms with Crippen molar-refractivity contribution in [2.75, 3.05) is 32.5 Å². The molecule has 1 amide bonds. The fraction of sp³-hybridized carbons (Fsp3) is 0.333. The Kier molecular flexibility index (Phi) is 8.97. The highest BCUT2D eigenvalue weighted by Gasteiger charge is 2.05. The van der Waals surface area contributed by atoms with E-state index in [1.54, 1.807) is 0 Å². The molecule has 0 atom stereocenters. The molecule has 0 aliphatic heterocycles. The van der Waals surface area contributed by atoms with Gasteiger partial charge in [0.2, 0.25) is 5.91 Å². The fourth-order valence-electron chi connectivity index (χ4n) is 2.58. The van der Waals surface area contributed by atoms with Crippen molar-refractivity contribution < 1.29 is 4.79 Å². The van der Waals surface area contributed by atoms with Crippen LogP contribution < -0.4 is 16.0 Å². The lowest BCUT2D eigenvalue weighted by Crippen LogP contribution is -2.36. The molecule has 2 aromatic carbocycles. The minimum Gasteiger partial charge on any atom is -0.357 e. The summed E-state index contributed by atoms with van der Waals surface area (Å²) in [5.41, 5.74) is 3.00. The van der Waals surface area contributed by atoms with Crippen molar-refractivity contribution in [3.63, 3.8) is 0 Å². The first-order valence-electron chi connectivity index (χ1n) is 9.26. The van der Waals surface area contributed by atoms with Gasteiger partial charge in [0.25, 0.3) is 0 Å². The zero-order valence-corrected chi connectivity index (χ0v) is 18.2. The molecule has 7 heteroatoms. The second-order valence-corrected chi connectivity index (χ2v) is 7.58. The topological polar surface area (TPSA) is 68.8 Å². The molecular weight excluding hydrogens is 418 g/mol. The summed E-state index contributed by atoms with van der Waals surface area (Å²) in [6, 6.07) is 15.9. The molecule has 0 bridgehead atoms. The predicted molar refractivity (Wildman–Crippen MR) is 119 cm³/mol. The zero-order valence-electron chi connectivity index (χ0n) is 16.6. The number of aliphatic imine (C=N–C) groups is 1. The molecule has 0 unspecified atom stereocenters. The van der Waals surface area contributed by atoms with Gasteiger partial charge in [0, 0.05) is 23.2 Å². The summed E-state index contributed by atoms with van der Waals surface area (Å²) in [6.45, 7) is 4.38. The van der Waals surface area contributed by atoms with Crippen molar-refractivity contribution in [1.29, 1.82) is 0 Å². The van der Waals surface area contributed by atoms with Gasteiger partial charge in [-0.05, 0) is 56.4 Å². The second-order valence-electron chi connectivity index (χ2n) is 6.66. The van der Waals surface area contributed by atoms with Gasteiger partial charge in [-0.3, -0.25) is 4.79 Å². The van der Waals surface area contributed by atoms with Gasteiger partial charge in [0.1, 0.15) is 0 Å². The van der Waals surface area contributed by atoms with Crippen LogP contribution in [-0.4, -0.2) is 44.0 Å². The van der Waals surface area contributed by atoms with Gasteiger partial charge in [0.15, 0.2) is 5.96 Å². The van der Waals surface area contributed by atoms with Crippen molar-refractivity contribution in [2.24, 2.45) is 4.99 Å². The van der Waals surface area contributed by atoms with Crippen molar-refractivity contribution in [2.45, 2.75) is 20.0 Å². The maximum Gasteiger partial charge on any atom is 0.238 e. The van der Waals surface area contributed by atoms with Gasteiger partial charge in [-0.1, -0.05) is 40.2 Å². The fourth-order valence-corrected chi connectivity index (χ4v) is 3.03. The third-order valence-corrected chi connectivity index (χ3v) is 4.28. The van der Waals surface area contributed by atoms with Crippen LogP contribution in [0.25, 0.3) is 0 Å². The van der Waals surface area contributed by atoms with Crippen molar-refractivity contribution in [3.05, 3.63) is 64.1 Å². The highest BCUT2D eigenvalue weighted by molar-refractivity contribution is 9.10. The zero-order chi connectivity index (χ0) is 20.4. The smallest absolute Gasteiger partial charge is 0.238 e. The Hall–Kier alpha value is -2.38. The van der Waals surface area contributed by atoms with E-state index in [4.69, 9.17) is 0 Å². The van der Waals surface area contributed by atoms with E-state index in [0.29, 0.717) is 19.6 Å². The first-order chi connectivity index (χ1) is 13.5. The van der Waals surface area contributed by atoms with E-state index in [1.165, 1.54) is 0 Å². The van der Waals surface area contributed by atoms with E-state index in [9.17, 15) is 4.79 Å². The highest BCUT2D eigenvalue weighted by atomic mass is 79.9. The lowest BCUT2D eigenvalue weighted by Gasteiger charge is -2.13. The van der Waals surface area contributed by atoms with Gasteiger partial charge in [-0.25, -0.2) is 4.99 Å². The second kappa shape index (κ2) is 11.5. The van der Waals surface area contributed by atoms with Gasteiger partial charge >= 0.3 is 0 Å². The van der Waals surface area contributed by atoms with Gasteiger partial charge < -0.3 is 20.9 Å². The van der Waals surface area contributed by atoms with E-state index in [-0.39, 0.29) is 5.91 Å². The normalized spacial score (nSPS) is 11.4. The first-order valence-corrected chi connectivity index (χ1v) is 10.1. The molecule has 0 saturated heterocycles. The molecule has 0 fully saturated rings. The maximum atomic E-state index is 11.9. The van der Waals surface area contributed by atoms with Crippen molar-refractivity contribution in [3.8, 4) is 0 Å². The molecule has 2 rings (SSSR count). The van der Waals surface area contributed by atoms with Crippen LogP contribution in [0.4, 0.5) is 5.69 Å². The quantitative estimate of drug-likeness (QED) is 0.431. The summed E-state index contributed by atoms with van der Waals surface area (Å²) < 4.78 is 1.05. The number of nitrogens with zero attached hydrogens (tertiary/aromatic N) is 2. The predicted octanol–water partition coefficient (Wildman–Crippen LogP) is 3.20. The van der Waals surface area contributed by atoms with E-state index in [0.717, 1.165) is 33.8 Å². The Balaban J connectivity index is 1.96. The first kappa shape index (κ1) is 21.9. The van der Waals surface area contributed by atoms with Crippen LogP contribution in [0.5, 0.6) is 0 Å². The maximum absolute atomic E-state index is 11.9. The minimum atomic E-state index is -0.0287. The Bertz CT molecular complexity index is 807. The van der Waals surface area contributed by atoms with E-state index in [2.05, 4.69) is 49.0 Å². The molecule has 0 aromatic heterocycles. The molecule has 28 heavy (non-hydrogen) atoms. The molecule has 6 nitrogen and oxygen atoms in total. The molecular formula is C21H28BrN5O. The lowest BCUT2D eigenvalue weighted by molar-refractivity contribution is -0.116. The molecule has 0 radical (unpaired) electrons. The molecule has 150 valence electrons. The van der Waals surface area contributed by atoms with Gasteiger partial charge in [0.05, 0.1) is 13.1 Å². The summed E-state index contributed by atoms with van der Waals surface area (Å²) in [7, 11) is 3.74.